The van der Waals surface area contributed by atoms with Crippen molar-refractivity contribution in [1.29, 1.82) is 0 Å². The summed E-state index contributed by atoms with van der Waals surface area (Å²) in [5.74, 6) is 1.76. The number of likely N-dealkylation sites (N-methyl/N-ethyl adjacent to an activating group) is 1. The summed E-state index contributed by atoms with van der Waals surface area (Å²) >= 11 is 0. The van der Waals surface area contributed by atoms with E-state index in [0.29, 0.717) is 0 Å². The molecule has 1 saturated heterocycles. The van der Waals surface area contributed by atoms with Gasteiger partial charge in [0.05, 0.1) is 22.1 Å². The summed E-state index contributed by atoms with van der Waals surface area (Å²) in [4.78, 5) is 21.0. The smallest absolute Gasteiger partial charge is 0.138 e. The van der Waals surface area contributed by atoms with Crippen molar-refractivity contribution >= 4 is 33.8 Å². The summed E-state index contributed by atoms with van der Waals surface area (Å²) in [6.45, 7) is 6.32. The van der Waals surface area contributed by atoms with Crippen LogP contribution in [0, 0.1) is 0 Å². The summed E-state index contributed by atoms with van der Waals surface area (Å²) in [6.07, 6.45) is 3.95. The molecule has 0 bridgehead atoms. The van der Waals surface area contributed by atoms with Gasteiger partial charge in [0.25, 0.3) is 0 Å². The number of allylic oxidation sites excluding steroid dienone is 1. The standard InChI is InChI=1S/C22H24N6/c1-3-4-21-23-17-7-5-15(13-19(17)24-21)22-25-18-8-6-16(14-20(18)26-22)28-11-9-27(2)10-12-28/h3-8,13-14H,9-12H2,1-2H3,(H,23,24)(H,25,26)/b4-3-. The Morgan fingerprint density at radius 2 is 1.64 bits per heavy atom. The zero-order valence-electron chi connectivity index (χ0n) is 16.2. The molecule has 4 aromatic rings. The molecular weight excluding hydrogens is 348 g/mol. The first-order valence-corrected chi connectivity index (χ1v) is 9.76. The number of hydrogen-bond donors (Lipinski definition) is 2. The van der Waals surface area contributed by atoms with Crippen LogP contribution in [-0.4, -0.2) is 58.1 Å². The number of anilines is 1. The lowest BCUT2D eigenvalue weighted by molar-refractivity contribution is 0.313. The highest BCUT2D eigenvalue weighted by Crippen LogP contribution is 2.27. The molecule has 28 heavy (non-hydrogen) atoms. The number of rotatable bonds is 3. The minimum atomic E-state index is 0.871. The van der Waals surface area contributed by atoms with Crippen LogP contribution in [0.1, 0.15) is 12.7 Å². The van der Waals surface area contributed by atoms with Crippen molar-refractivity contribution in [1.82, 2.24) is 24.8 Å². The van der Waals surface area contributed by atoms with E-state index in [2.05, 4.69) is 62.1 Å². The third kappa shape index (κ3) is 3.05. The van der Waals surface area contributed by atoms with Crippen molar-refractivity contribution in [2.24, 2.45) is 0 Å². The molecule has 3 heterocycles. The van der Waals surface area contributed by atoms with Gasteiger partial charge in [0.1, 0.15) is 11.6 Å². The molecule has 2 aromatic carbocycles. The van der Waals surface area contributed by atoms with Crippen LogP contribution >= 0.6 is 0 Å². The van der Waals surface area contributed by atoms with Crippen LogP contribution in [0.4, 0.5) is 5.69 Å². The molecule has 0 aliphatic carbocycles. The topological polar surface area (TPSA) is 63.8 Å². The van der Waals surface area contributed by atoms with Gasteiger partial charge in [-0.1, -0.05) is 6.08 Å². The van der Waals surface area contributed by atoms with Gasteiger partial charge in [-0.15, -0.1) is 0 Å². The Labute approximate surface area is 163 Å². The lowest BCUT2D eigenvalue weighted by atomic mass is 10.2. The zero-order chi connectivity index (χ0) is 19.1. The van der Waals surface area contributed by atoms with E-state index in [4.69, 9.17) is 4.98 Å². The maximum atomic E-state index is 4.80. The van der Waals surface area contributed by atoms with E-state index in [1.165, 1.54) is 5.69 Å². The second kappa shape index (κ2) is 6.80. The van der Waals surface area contributed by atoms with Gasteiger partial charge in [0, 0.05) is 37.4 Å². The lowest BCUT2D eigenvalue weighted by Gasteiger charge is -2.34. The largest absolute Gasteiger partial charge is 0.369 e. The quantitative estimate of drug-likeness (QED) is 0.573. The van der Waals surface area contributed by atoms with Gasteiger partial charge < -0.3 is 19.8 Å². The third-order valence-electron chi connectivity index (χ3n) is 5.43. The molecule has 0 radical (unpaired) electrons. The van der Waals surface area contributed by atoms with Crippen LogP contribution in [-0.2, 0) is 0 Å². The second-order valence-corrected chi connectivity index (χ2v) is 7.43. The Balaban J connectivity index is 1.48. The number of hydrogen-bond acceptors (Lipinski definition) is 4. The first kappa shape index (κ1) is 17.0. The number of nitrogens with zero attached hydrogens (tertiary/aromatic N) is 4. The Bertz CT molecular complexity index is 1160. The number of aromatic nitrogens is 4. The van der Waals surface area contributed by atoms with E-state index in [-0.39, 0.29) is 0 Å². The average molecular weight is 372 g/mol. The first-order valence-electron chi connectivity index (χ1n) is 9.76. The molecule has 6 heteroatoms. The summed E-state index contributed by atoms with van der Waals surface area (Å²) < 4.78 is 0. The summed E-state index contributed by atoms with van der Waals surface area (Å²) in [5.41, 5.74) is 6.36. The summed E-state index contributed by atoms with van der Waals surface area (Å²) in [6, 6.07) is 12.7. The highest BCUT2D eigenvalue weighted by Gasteiger charge is 2.15. The van der Waals surface area contributed by atoms with Crippen molar-refractivity contribution < 1.29 is 0 Å². The number of fused-ring (bicyclic) bond motifs is 2. The monoisotopic (exact) mass is 372 g/mol. The molecule has 0 amide bonds. The van der Waals surface area contributed by atoms with Gasteiger partial charge in [-0.05, 0) is 56.4 Å². The molecule has 1 aliphatic rings. The van der Waals surface area contributed by atoms with Gasteiger partial charge in [-0.25, -0.2) is 9.97 Å². The molecule has 0 saturated carbocycles. The molecule has 0 spiro atoms. The van der Waals surface area contributed by atoms with Gasteiger partial charge in [0.15, 0.2) is 0 Å². The van der Waals surface area contributed by atoms with E-state index >= 15 is 0 Å². The number of piperazine rings is 1. The molecule has 1 fully saturated rings. The third-order valence-corrected chi connectivity index (χ3v) is 5.43. The van der Waals surface area contributed by atoms with E-state index in [9.17, 15) is 0 Å². The minimum absolute atomic E-state index is 0.871. The number of aromatic amines is 2. The predicted molar refractivity (Wildman–Crippen MR) is 116 cm³/mol. The Morgan fingerprint density at radius 3 is 2.46 bits per heavy atom. The Kier molecular flexibility index (Phi) is 4.13. The van der Waals surface area contributed by atoms with Crippen LogP contribution in [0.15, 0.2) is 42.5 Å². The molecule has 2 N–H and O–H groups in total. The van der Waals surface area contributed by atoms with Crippen molar-refractivity contribution in [3.8, 4) is 11.4 Å². The van der Waals surface area contributed by atoms with E-state index in [1.807, 2.05) is 25.1 Å². The molecule has 6 nitrogen and oxygen atoms in total. The lowest BCUT2D eigenvalue weighted by Crippen LogP contribution is -2.44. The molecular formula is C22H24N6. The van der Waals surface area contributed by atoms with Crippen LogP contribution in [0.2, 0.25) is 0 Å². The Hall–Kier alpha value is -3.12. The normalized spacial score (nSPS) is 16.0. The number of H-pyrrole nitrogens is 2. The Morgan fingerprint density at radius 1 is 0.893 bits per heavy atom. The molecule has 5 rings (SSSR count). The van der Waals surface area contributed by atoms with E-state index in [0.717, 1.165) is 65.5 Å². The number of benzene rings is 2. The summed E-state index contributed by atoms with van der Waals surface area (Å²) in [5, 5.41) is 0. The fraction of sp³-hybridized carbons (Fsp3) is 0.273. The van der Waals surface area contributed by atoms with E-state index in [1.54, 1.807) is 0 Å². The van der Waals surface area contributed by atoms with Gasteiger partial charge in [0.2, 0.25) is 0 Å². The van der Waals surface area contributed by atoms with Gasteiger partial charge in [-0.2, -0.15) is 0 Å². The molecule has 142 valence electrons. The first-order chi connectivity index (χ1) is 13.7. The van der Waals surface area contributed by atoms with Gasteiger partial charge >= 0.3 is 0 Å². The van der Waals surface area contributed by atoms with Crippen LogP contribution in [0.25, 0.3) is 39.5 Å². The second-order valence-electron chi connectivity index (χ2n) is 7.43. The molecule has 2 aromatic heterocycles. The fourth-order valence-corrected chi connectivity index (χ4v) is 3.81. The summed E-state index contributed by atoms with van der Waals surface area (Å²) in [7, 11) is 2.18. The minimum Gasteiger partial charge on any atom is -0.369 e. The van der Waals surface area contributed by atoms with Gasteiger partial charge in [-0.3, -0.25) is 0 Å². The van der Waals surface area contributed by atoms with Crippen LogP contribution in [0.5, 0.6) is 0 Å². The highest BCUT2D eigenvalue weighted by atomic mass is 15.2. The van der Waals surface area contributed by atoms with Crippen molar-refractivity contribution in [3.05, 3.63) is 48.3 Å². The molecule has 0 atom stereocenters. The zero-order valence-corrected chi connectivity index (χ0v) is 16.2. The molecule has 0 unspecified atom stereocenters. The SMILES string of the molecule is C/C=C\c1nc2ccc(-c3nc4ccc(N5CCN(C)CC5)cc4[nH]3)cc2[nH]1. The van der Waals surface area contributed by atoms with Crippen molar-refractivity contribution in [2.75, 3.05) is 38.1 Å². The van der Waals surface area contributed by atoms with Crippen molar-refractivity contribution in [3.63, 3.8) is 0 Å². The predicted octanol–water partition coefficient (Wildman–Crippen LogP) is 3.89. The number of nitrogens with one attached hydrogen (secondary N) is 2. The number of imidazole rings is 2. The maximum Gasteiger partial charge on any atom is 0.138 e. The van der Waals surface area contributed by atoms with Crippen LogP contribution < -0.4 is 4.90 Å². The van der Waals surface area contributed by atoms with Crippen molar-refractivity contribution in [2.45, 2.75) is 6.92 Å². The fourth-order valence-electron chi connectivity index (χ4n) is 3.81. The highest BCUT2D eigenvalue weighted by molar-refractivity contribution is 5.86. The van der Waals surface area contributed by atoms with Crippen LogP contribution in [0.3, 0.4) is 0 Å². The molecule has 1 aliphatic heterocycles. The maximum absolute atomic E-state index is 4.80. The average Bonchev–Trinajstić information content (AvgIpc) is 3.31. The van der Waals surface area contributed by atoms with E-state index < -0.39 is 0 Å².